The summed E-state index contributed by atoms with van der Waals surface area (Å²) in [7, 11) is 0. The molecule has 0 amide bonds. The lowest BCUT2D eigenvalue weighted by Crippen LogP contribution is -2.04. The van der Waals surface area contributed by atoms with Gasteiger partial charge in [0.25, 0.3) is 0 Å². The summed E-state index contributed by atoms with van der Waals surface area (Å²) in [6.45, 7) is 0. The van der Waals surface area contributed by atoms with E-state index in [1.54, 1.807) is 17.5 Å². The third-order valence-electron chi connectivity index (χ3n) is 1.64. The Balaban J connectivity index is 2.36. The SMILES string of the molecule is FC(F)(F)c1cnc(-c2cccs2)[nH]1. The summed E-state index contributed by atoms with van der Waals surface area (Å²) < 4.78 is 36.5. The van der Waals surface area contributed by atoms with Crippen LogP contribution in [0.5, 0.6) is 0 Å². The molecule has 2 nitrogen and oxygen atoms in total. The van der Waals surface area contributed by atoms with E-state index in [9.17, 15) is 13.2 Å². The number of rotatable bonds is 1. The van der Waals surface area contributed by atoms with Crippen LogP contribution >= 0.6 is 11.3 Å². The highest BCUT2D eigenvalue weighted by Crippen LogP contribution is 2.30. The van der Waals surface area contributed by atoms with Crippen LogP contribution in [0.25, 0.3) is 10.7 Å². The van der Waals surface area contributed by atoms with Gasteiger partial charge in [0.15, 0.2) is 0 Å². The minimum absolute atomic E-state index is 0.257. The van der Waals surface area contributed by atoms with Gasteiger partial charge in [0, 0.05) is 0 Å². The van der Waals surface area contributed by atoms with E-state index in [2.05, 4.69) is 9.97 Å². The van der Waals surface area contributed by atoms with Gasteiger partial charge in [0.05, 0.1) is 11.1 Å². The van der Waals surface area contributed by atoms with Gasteiger partial charge in [-0.05, 0) is 11.4 Å². The highest BCUT2D eigenvalue weighted by atomic mass is 32.1. The van der Waals surface area contributed by atoms with Crippen molar-refractivity contribution in [1.29, 1.82) is 0 Å². The average Bonchev–Trinajstić information content (AvgIpc) is 2.73. The molecule has 0 fully saturated rings. The third kappa shape index (κ3) is 1.65. The molecule has 74 valence electrons. The molecule has 2 aromatic heterocycles. The number of nitrogens with one attached hydrogen (secondary N) is 1. The van der Waals surface area contributed by atoms with Crippen LogP contribution in [-0.4, -0.2) is 9.97 Å². The maximum absolute atomic E-state index is 12.2. The van der Waals surface area contributed by atoms with Crippen molar-refractivity contribution in [3.63, 3.8) is 0 Å². The molecule has 2 aromatic rings. The van der Waals surface area contributed by atoms with E-state index < -0.39 is 11.9 Å². The Bertz CT molecular complexity index is 416. The summed E-state index contributed by atoms with van der Waals surface area (Å²) in [6, 6.07) is 3.47. The molecule has 0 aliphatic rings. The van der Waals surface area contributed by atoms with Crippen LogP contribution < -0.4 is 0 Å². The number of imidazole rings is 1. The van der Waals surface area contributed by atoms with Gasteiger partial charge < -0.3 is 4.98 Å². The zero-order chi connectivity index (χ0) is 10.2. The lowest BCUT2D eigenvalue weighted by Gasteiger charge is -2.00. The Morgan fingerprint density at radius 2 is 2.14 bits per heavy atom. The van der Waals surface area contributed by atoms with Gasteiger partial charge >= 0.3 is 6.18 Å². The molecule has 0 aromatic carbocycles. The summed E-state index contributed by atoms with van der Waals surface area (Å²) in [5.74, 6) is 0.257. The fourth-order valence-electron chi connectivity index (χ4n) is 1.00. The van der Waals surface area contributed by atoms with E-state index in [0.717, 1.165) is 6.20 Å². The van der Waals surface area contributed by atoms with Crippen LogP contribution in [0.1, 0.15) is 5.69 Å². The second-order valence-electron chi connectivity index (χ2n) is 2.62. The minimum atomic E-state index is -4.36. The Morgan fingerprint density at radius 3 is 2.64 bits per heavy atom. The van der Waals surface area contributed by atoms with Crippen molar-refractivity contribution in [3.8, 4) is 10.7 Å². The summed E-state index contributed by atoms with van der Waals surface area (Å²) in [5.41, 5.74) is -0.819. The number of aromatic amines is 1. The molecule has 0 saturated carbocycles. The first-order valence-corrected chi connectivity index (χ1v) is 4.61. The zero-order valence-electron chi connectivity index (χ0n) is 6.80. The molecule has 1 N–H and O–H groups in total. The fraction of sp³-hybridized carbons (Fsp3) is 0.125. The molecule has 0 unspecified atom stereocenters. The molecular weight excluding hydrogens is 213 g/mol. The van der Waals surface area contributed by atoms with Gasteiger partial charge in [-0.3, -0.25) is 0 Å². The molecule has 0 saturated heterocycles. The number of aromatic nitrogens is 2. The number of thiophene rings is 1. The quantitative estimate of drug-likeness (QED) is 0.782. The smallest absolute Gasteiger partial charge is 0.334 e. The van der Waals surface area contributed by atoms with Crippen LogP contribution in [0.2, 0.25) is 0 Å². The number of hydrogen-bond acceptors (Lipinski definition) is 2. The minimum Gasteiger partial charge on any atom is -0.334 e. The standard InChI is InChI=1S/C8H5F3N2S/c9-8(10,11)6-4-12-7(13-6)5-2-1-3-14-5/h1-4H,(H,12,13). The third-order valence-corrected chi connectivity index (χ3v) is 2.51. The number of alkyl halides is 3. The number of nitrogens with zero attached hydrogens (tertiary/aromatic N) is 1. The fourth-order valence-corrected chi connectivity index (χ4v) is 1.68. The maximum Gasteiger partial charge on any atom is 0.432 e. The first kappa shape index (κ1) is 9.26. The Labute approximate surface area is 81.4 Å². The topological polar surface area (TPSA) is 28.7 Å². The molecule has 2 rings (SSSR count). The highest BCUT2D eigenvalue weighted by Gasteiger charge is 2.33. The first-order valence-electron chi connectivity index (χ1n) is 3.73. The molecule has 0 bridgehead atoms. The van der Waals surface area contributed by atoms with E-state index in [4.69, 9.17) is 0 Å². The molecule has 2 heterocycles. The van der Waals surface area contributed by atoms with Gasteiger partial charge in [0.1, 0.15) is 11.5 Å². The normalized spacial score (nSPS) is 11.9. The monoisotopic (exact) mass is 218 g/mol. The molecular formula is C8H5F3N2S. The van der Waals surface area contributed by atoms with Crippen molar-refractivity contribution in [2.75, 3.05) is 0 Å². The lowest BCUT2D eigenvalue weighted by atomic mass is 10.4. The van der Waals surface area contributed by atoms with Crippen molar-refractivity contribution >= 4 is 11.3 Å². The zero-order valence-corrected chi connectivity index (χ0v) is 7.62. The Kier molecular flexibility index (Phi) is 2.07. The molecule has 0 atom stereocenters. The van der Waals surface area contributed by atoms with Crippen LogP contribution in [0, 0.1) is 0 Å². The van der Waals surface area contributed by atoms with Crippen LogP contribution in [-0.2, 0) is 6.18 Å². The second-order valence-corrected chi connectivity index (χ2v) is 3.57. The van der Waals surface area contributed by atoms with Crippen LogP contribution in [0.4, 0.5) is 13.2 Å². The predicted octanol–water partition coefficient (Wildman–Crippen LogP) is 3.16. The summed E-state index contributed by atoms with van der Waals surface area (Å²) in [5, 5.41) is 1.78. The van der Waals surface area contributed by atoms with Crippen LogP contribution in [0.3, 0.4) is 0 Å². The van der Waals surface area contributed by atoms with Gasteiger partial charge in [-0.25, -0.2) is 4.98 Å². The number of H-pyrrole nitrogens is 1. The summed E-state index contributed by atoms with van der Waals surface area (Å²) in [6.07, 6.45) is -3.56. The Morgan fingerprint density at radius 1 is 1.36 bits per heavy atom. The second kappa shape index (κ2) is 3.13. The van der Waals surface area contributed by atoms with Crippen molar-refractivity contribution < 1.29 is 13.2 Å². The highest BCUT2D eigenvalue weighted by molar-refractivity contribution is 7.13. The first-order chi connectivity index (χ1) is 6.57. The van der Waals surface area contributed by atoms with Crippen molar-refractivity contribution in [1.82, 2.24) is 9.97 Å². The predicted molar refractivity (Wildman–Crippen MR) is 46.9 cm³/mol. The summed E-state index contributed by atoms with van der Waals surface area (Å²) >= 11 is 1.34. The summed E-state index contributed by atoms with van der Waals surface area (Å²) in [4.78, 5) is 6.58. The number of halogens is 3. The molecule has 0 aliphatic heterocycles. The molecule has 0 radical (unpaired) electrons. The van der Waals surface area contributed by atoms with Crippen molar-refractivity contribution in [2.45, 2.75) is 6.18 Å². The van der Waals surface area contributed by atoms with Gasteiger partial charge in [0.2, 0.25) is 0 Å². The van der Waals surface area contributed by atoms with Crippen molar-refractivity contribution in [3.05, 3.63) is 29.4 Å². The van der Waals surface area contributed by atoms with E-state index in [-0.39, 0.29) is 5.82 Å². The largest absolute Gasteiger partial charge is 0.432 e. The number of hydrogen-bond donors (Lipinski definition) is 1. The van der Waals surface area contributed by atoms with Gasteiger partial charge in [-0.1, -0.05) is 6.07 Å². The lowest BCUT2D eigenvalue weighted by molar-refractivity contribution is -0.140. The average molecular weight is 218 g/mol. The van der Waals surface area contributed by atoms with Crippen molar-refractivity contribution in [2.24, 2.45) is 0 Å². The molecule has 0 aliphatic carbocycles. The van der Waals surface area contributed by atoms with Gasteiger partial charge in [-0.15, -0.1) is 11.3 Å². The van der Waals surface area contributed by atoms with Gasteiger partial charge in [-0.2, -0.15) is 13.2 Å². The van der Waals surface area contributed by atoms with E-state index in [0.29, 0.717) is 4.88 Å². The Hall–Kier alpha value is -1.30. The van der Waals surface area contributed by atoms with E-state index in [1.807, 2.05) is 0 Å². The van der Waals surface area contributed by atoms with Crippen LogP contribution in [0.15, 0.2) is 23.7 Å². The maximum atomic E-state index is 12.2. The molecule has 0 spiro atoms. The molecule has 14 heavy (non-hydrogen) atoms. The van der Waals surface area contributed by atoms with E-state index >= 15 is 0 Å². The molecule has 6 heteroatoms. The van der Waals surface area contributed by atoms with E-state index in [1.165, 1.54) is 11.3 Å².